The van der Waals surface area contributed by atoms with E-state index in [1.165, 1.54) is 12.8 Å². The molecule has 2 heterocycles. The molecule has 0 radical (unpaired) electrons. The number of amides is 1. The third-order valence-corrected chi connectivity index (χ3v) is 5.72. The summed E-state index contributed by atoms with van der Waals surface area (Å²) in [7, 11) is 1.57. The maximum atomic E-state index is 12.6. The van der Waals surface area contributed by atoms with Crippen LogP contribution in [0.1, 0.15) is 30.4 Å². The second kappa shape index (κ2) is 8.61. The van der Waals surface area contributed by atoms with E-state index in [9.17, 15) is 9.59 Å². The van der Waals surface area contributed by atoms with Crippen LogP contribution < -0.4 is 20.6 Å². The van der Waals surface area contributed by atoms with Gasteiger partial charge in [-0.05, 0) is 56.0 Å². The second-order valence-electron chi connectivity index (χ2n) is 7.61. The van der Waals surface area contributed by atoms with E-state index in [1.54, 1.807) is 13.2 Å². The molecule has 156 valence electrons. The summed E-state index contributed by atoms with van der Waals surface area (Å²) in [6, 6.07) is 13.3. The Morgan fingerprint density at radius 2 is 1.93 bits per heavy atom. The Morgan fingerprint density at radius 1 is 1.17 bits per heavy atom. The lowest BCUT2D eigenvalue weighted by Crippen LogP contribution is -2.21. The van der Waals surface area contributed by atoms with Crippen LogP contribution in [-0.4, -0.2) is 26.1 Å². The summed E-state index contributed by atoms with van der Waals surface area (Å²) in [6.07, 6.45) is 2.88. The number of anilines is 2. The van der Waals surface area contributed by atoms with Crippen molar-refractivity contribution in [1.82, 2.24) is 0 Å². The monoisotopic (exact) mass is 406 g/mol. The minimum absolute atomic E-state index is 0.115. The lowest BCUT2D eigenvalue weighted by atomic mass is 10.0. The molecule has 1 saturated heterocycles. The number of rotatable bonds is 6. The highest BCUT2D eigenvalue weighted by Gasteiger charge is 2.18. The van der Waals surface area contributed by atoms with Crippen molar-refractivity contribution in [2.45, 2.75) is 32.6 Å². The molecule has 3 aromatic rings. The zero-order valence-corrected chi connectivity index (χ0v) is 17.4. The number of methoxy groups -OCH3 is 1. The average molecular weight is 406 g/mol. The molecule has 1 fully saturated rings. The maximum Gasteiger partial charge on any atom is 0.339 e. The van der Waals surface area contributed by atoms with Gasteiger partial charge in [0.15, 0.2) is 0 Å². The molecule has 0 aliphatic carbocycles. The molecule has 0 bridgehead atoms. The molecule has 2 aromatic carbocycles. The first-order valence-corrected chi connectivity index (χ1v) is 10.3. The van der Waals surface area contributed by atoms with Gasteiger partial charge in [0.2, 0.25) is 5.91 Å². The highest BCUT2D eigenvalue weighted by atomic mass is 16.5. The molecular weight excluding hydrogens is 380 g/mol. The molecule has 6 heteroatoms. The first kappa shape index (κ1) is 20.0. The molecule has 30 heavy (non-hydrogen) atoms. The van der Waals surface area contributed by atoms with Gasteiger partial charge in [0, 0.05) is 36.5 Å². The van der Waals surface area contributed by atoms with E-state index in [0.29, 0.717) is 23.3 Å². The van der Waals surface area contributed by atoms with Crippen LogP contribution in [0.15, 0.2) is 51.7 Å². The van der Waals surface area contributed by atoms with E-state index in [4.69, 9.17) is 9.15 Å². The first-order valence-electron chi connectivity index (χ1n) is 10.3. The normalized spacial score (nSPS) is 13.6. The van der Waals surface area contributed by atoms with Crippen molar-refractivity contribution in [1.29, 1.82) is 0 Å². The summed E-state index contributed by atoms with van der Waals surface area (Å²) in [6.45, 7) is 3.91. The van der Waals surface area contributed by atoms with Gasteiger partial charge in [0.25, 0.3) is 0 Å². The van der Waals surface area contributed by atoms with Gasteiger partial charge in [0.05, 0.1) is 18.5 Å². The fourth-order valence-electron chi connectivity index (χ4n) is 4.05. The standard InChI is InChI=1S/C24H26N2O4/c1-16-18-10-9-17(29-2)15-22(18)30-24(28)19(16)11-12-23(27)25-20-7-3-4-8-21(20)26-13-5-6-14-26/h3-4,7-10,15H,5-6,11-14H2,1-2H3,(H,25,27). The van der Waals surface area contributed by atoms with Crippen molar-refractivity contribution in [2.75, 3.05) is 30.4 Å². The molecular formula is C24H26N2O4. The number of fused-ring (bicyclic) bond motifs is 1. The van der Waals surface area contributed by atoms with Crippen molar-refractivity contribution in [3.63, 3.8) is 0 Å². The number of nitrogens with one attached hydrogen (secondary N) is 1. The number of hydrogen-bond donors (Lipinski definition) is 1. The quantitative estimate of drug-likeness (QED) is 0.619. The zero-order valence-electron chi connectivity index (χ0n) is 17.4. The molecule has 4 rings (SSSR count). The number of carbonyl (C=O) groups is 1. The Morgan fingerprint density at radius 3 is 2.70 bits per heavy atom. The van der Waals surface area contributed by atoms with Gasteiger partial charge in [0.1, 0.15) is 11.3 Å². The lowest BCUT2D eigenvalue weighted by Gasteiger charge is -2.21. The molecule has 0 unspecified atom stereocenters. The van der Waals surface area contributed by atoms with Crippen molar-refractivity contribution in [3.05, 3.63) is 64.0 Å². The van der Waals surface area contributed by atoms with E-state index >= 15 is 0 Å². The predicted octanol–water partition coefficient (Wildman–Crippen LogP) is 4.28. The zero-order chi connectivity index (χ0) is 21.1. The predicted molar refractivity (Wildman–Crippen MR) is 119 cm³/mol. The second-order valence-corrected chi connectivity index (χ2v) is 7.61. The summed E-state index contributed by atoms with van der Waals surface area (Å²) in [5, 5.41) is 3.87. The van der Waals surface area contributed by atoms with E-state index in [1.807, 2.05) is 43.3 Å². The maximum absolute atomic E-state index is 12.6. The van der Waals surface area contributed by atoms with Crippen LogP contribution in [0.3, 0.4) is 0 Å². The molecule has 0 spiro atoms. The Balaban J connectivity index is 1.49. The molecule has 1 N–H and O–H groups in total. The molecule has 1 aliphatic rings. The smallest absolute Gasteiger partial charge is 0.339 e. The number of nitrogens with zero attached hydrogens (tertiary/aromatic N) is 1. The summed E-state index contributed by atoms with van der Waals surface area (Å²) in [4.78, 5) is 27.4. The Bertz CT molecular complexity index is 1130. The van der Waals surface area contributed by atoms with Crippen LogP contribution in [0.2, 0.25) is 0 Å². The molecule has 1 amide bonds. The van der Waals surface area contributed by atoms with Crippen LogP contribution in [0.5, 0.6) is 5.75 Å². The summed E-state index contributed by atoms with van der Waals surface area (Å²) >= 11 is 0. The van der Waals surface area contributed by atoms with E-state index < -0.39 is 5.63 Å². The van der Waals surface area contributed by atoms with Crippen molar-refractivity contribution in [3.8, 4) is 5.75 Å². The topological polar surface area (TPSA) is 71.8 Å². The van der Waals surface area contributed by atoms with Crippen LogP contribution in [-0.2, 0) is 11.2 Å². The van der Waals surface area contributed by atoms with Gasteiger partial charge in [-0.15, -0.1) is 0 Å². The van der Waals surface area contributed by atoms with Gasteiger partial charge in [-0.2, -0.15) is 0 Å². The fraction of sp³-hybridized carbons (Fsp3) is 0.333. The van der Waals surface area contributed by atoms with Crippen molar-refractivity contribution in [2.24, 2.45) is 0 Å². The number of para-hydroxylation sites is 2. The SMILES string of the molecule is COc1ccc2c(C)c(CCC(=O)Nc3ccccc3N3CCCC3)c(=O)oc2c1. The van der Waals surface area contributed by atoms with Gasteiger partial charge in [-0.3, -0.25) is 4.79 Å². The molecule has 0 saturated carbocycles. The summed E-state index contributed by atoms with van der Waals surface area (Å²) < 4.78 is 10.7. The van der Waals surface area contributed by atoms with Crippen LogP contribution >= 0.6 is 0 Å². The minimum atomic E-state index is -0.404. The molecule has 0 atom stereocenters. The lowest BCUT2D eigenvalue weighted by molar-refractivity contribution is -0.116. The average Bonchev–Trinajstić information content (AvgIpc) is 3.28. The first-order chi connectivity index (χ1) is 14.6. The number of carbonyl (C=O) groups excluding carboxylic acids is 1. The Labute approximate surface area is 175 Å². The van der Waals surface area contributed by atoms with Gasteiger partial charge in [-0.25, -0.2) is 4.79 Å². The highest BCUT2D eigenvalue weighted by molar-refractivity contribution is 5.94. The number of benzene rings is 2. The van der Waals surface area contributed by atoms with E-state index in [0.717, 1.165) is 35.4 Å². The fourth-order valence-corrected chi connectivity index (χ4v) is 4.05. The number of aryl methyl sites for hydroxylation is 1. The van der Waals surface area contributed by atoms with Crippen LogP contribution in [0.25, 0.3) is 11.0 Å². The summed E-state index contributed by atoms with van der Waals surface area (Å²) in [5.74, 6) is 0.518. The third-order valence-electron chi connectivity index (χ3n) is 5.72. The summed E-state index contributed by atoms with van der Waals surface area (Å²) in [5.41, 5.74) is 3.34. The van der Waals surface area contributed by atoms with Crippen molar-refractivity contribution >= 4 is 28.3 Å². The van der Waals surface area contributed by atoms with E-state index in [-0.39, 0.29) is 12.3 Å². The molecule has 6 nitrogen and oxygen atoms in total. The van der Waals surface area contributed by atoms with Gasteiger partial charge >= 0.3 is 5.63 Å². The van der Waals surface area contributed by atoms with Crippen molar-refractivity contribution < 1.29 is 13.9 Å². The van der Waals surface area contributed by atoms with Crippen LogP contribution in [0.4, 0.5) is 11.4 Å². The minimum Gasteiger partial charge on any atom is -0.497 e. The Hall–Kier alpha value is -3.28. The Kier molecular flexibility index (Phi) is 5.74. The van der Waals surface area contributed by atoms with Gasteiger partial charge in [-0.1, -0.05) is 12.1 Å². The molecule has 1 aliphatic heterocycles. The third kappa shape index (κ3) is 4.03. The largest absolute Gasteiger partial charge is 0.497 e. The highest BCUT2D eigenvalue weighted by Crippen LogP contribution is 2.29. The molecule has 1 aromatic heterocycles. The van der Waals surface area contributed by atoms with Crippen LogP contribution in [0, 0.1) is 6.92 Å². The van der Waals surface area contributed by atoms with E-state index in [2.05, 4.69) is 10.2 Å². The van der Waals surface area contributed by atoms with Gasteiger partial charge < -0.3 is 19.4 Å². The number of ether oxygens (including phenoxy) is 1. The number of hydrogen-bond acceptors (Lipinski definition) is 5.